The Morgan fingerprint density at radius 3 is 2.58 bits per heavy atom. The van der Waals surface area contributed by atoms with Crippen molar-refractivity contribution in [1.82, 2.24) is 0 Å². The molecule has 1 unspecified atom stereocenters. The molecule has 0 aromatic heterocycles. The summed E-state index contributed by atoms with van der Waals surface area (Å²) in [5.41, 5.74) is 0.640. The SMILES string of the molecule is CCOC(C(=O)c1ccccc1OC(C)C)C1CC1. The van der Waals surface area contributed by atoms with Gasteiger partial charge in [-0.25, -0.2) is 0 Å². The first-order valence-corrected chi connectivity index (χ1v) is 7.05. The predicted octanol–water partition coefficient (Wildman–Crippen LogP) is 3.47. The average molecular weight is 262 g/mol. The lowest BCUT2D eigenvalue weighted by Crippen LogP contribution is -2.27. The van der Waals surface area contributed by atoms with Crippen LogP contribution < -0.4 is 4.74 Å². The van der Waals surface area contributed by atoms with Crippen LogP contribution in [-0.2, 0) is 4.74 Å². The number of carbonyl (C=O) groups excluding carboxylic acids is 1. The van der Waals surface area contributed by atoms with E-state index in [4.69, 9.17) is 9.47 Å². The summed E-state index contributed by atoms with van der Waals surface area (Å²) in [5.74, 6) is 1.10. The zero-order valence-electron chi connectivity index (χ0n) is 11.9. The Balaban J connectivity index is 2.21. The second kappa shape index (κ2) is 6.20. The molecule has 1 saturated carbocycles. The van der Waals surface area contributed by atoms with Gasteiger partial charge in [-0.05, 0) is 51.7 Å². The smallest absolute Gasteiger partial charge is 0.195 e. The van der Waals surface area contributed by atoms with E-state index in [9.17, 15) is 4.79 Å². The van der Waals surface area contributed by atoms with Gasteiger partial charge in [0.15, 0.2) is 5.78 Å². The van der Waals surface area contributed by atoms with Crippen molar-refractivity contribution < 1.29 is 14.3 Å². The molecule has 0 N–H and O–H groups in total. The van der Waals surface area contributed by atoms with E-state index in [1.54, 1.807) is 0 Å². The Labute approximate surface area is 114 Å². The van der Waals surface area contributed by atoms with Crippen molar-refractivity contribution in [3.05, 3.63) is 29.8 Å². The van der Waals surface area contributed by atoms with Gasteiger partial charge in [-0.2, -0.15) is 0 Å². The molecule has 0 aliphatic heterocycles. The summed E-state index contributed by atoms with van der Waals surface area (Å²) >= 11 is 0. The summed E-state index contributed by atoms with van der Waals surface area (Å²) in [5, 5.41) is 0. The molecule has 1 fully saturated rings. The maximum absolute atomic E-state index is 12.6. The molecule has 0 radical (unpaired) electrons. The van der Waals surface area contributed by atoms with Crippen LogP contribution in [0.5, 0.6) is 5.75 Å². The van der Waals surface area contributed by atoms with E-state index in [2.05, 4.69) is 0 Å². The molecule has 104 valence electrons. The second-order valence-corrected chi connectivity index (χ2v) is 5.24. The van der Waals surface area contributed by atoms with Gasteiger partial charge in [-0.15, -0.1) is 0 Å². The zero-order valence-corrected chi connectivity index (χ0v) is 11.9. The first-order valence-electron chi connectivity index (χ1n) is 7.05. The third-order valence-electron chi connectivity index (χ3n) is 3.17. The molecule has 3 heteroatoms. The van der Waals surface area contributed by atoms with Gasteiger partial charge in [0.25, 0.3) is 0 Å². The van der Waals surface area contributed by atoms with Crippen molar-refractivity contribution in [2.45, 2.75) is 45.8 Å². The second-order valence-electron chi connectivity index (χ2n) is 5.24. The number of Topliss-reactive ketones (excluding diaryl/α,β-unsaturated/α-hetero) is 1. The summed E-state index contributed by atoms with van der Waals surface area (Å²) in [7, 11) is 0. The maximum atomic E-state index is 12.6. The number of carbonyl (C=O) groups is 1. The number of ketones is 1. The molecule has 0 amide bonds. The van der Waals surface area contributed by atoms with Crippen LogP contribution in [0.2, 0.25) is 0 Å². The van der Waals surface area contributed by atoms with Crippen molar-refractivity contribution >= 4 is 5.78 Å². The molecule has 2 rings (SSSR count). The Kier molecular flexibility index (Phi) is 4.59. The van der Waals surface area contributed by atoms with Crippen LogP contribution in [0.4, 0.5) is 0 Å². The van der Waals surface area contributed by atoms with Crippen molar-refractivity contribution in [2.75, 3.05) is 6.61 Å². The van der Waals surface area contributed by atoms with E-state index >= 15 is 0 Å². The van der Waals surface area contributed by atoms with Crippen molar-refractivity contribution in [3.63, 3.8) is 0 Å². The maximum Gasteiger partial charge on any atom is 0.195 e. The molecule has 3 nitrogen and oxygen atoms in total. The fourth-order valence-corrected chi connectivity index (χ4v) is 2.18. The Morgan fingerprint density at radius 2 is 2.00 bits per heavy atom. The number of hydrogen-bond acceptors (Lipinski definition) is 3. The summed E-state index contributed by atoms with van der Waals surface area (Å²) < 4.78 is 11.4. The summed E-state index contributed by atoms with van der Waals surface area (Å²) in [6, 6.07) is 7.44. The fraction of sp³-hybridized carbons (Fsp3) is 0.562. The minimum Gasteiger partial charge on any atom is -0.490 e. The molecular formula is C16H22O3. The minimum atomic E-state index is -0.304. The Morgan fingerprint density at radius 1 is 1.32 bits per heavy atom. The van der Waals surface area contributed by atoms with E-state index in [1.807, 2.05) is 45.0 Å². The van der Waals surface area contributed by atoms with Gasteiger partial charge in [0.05, 0.1) is 11.7 Å². The fourth-order valence-electron chi connectivity index (χ4n) is 2.18. The van der Waals surface area contributed by atoms with E-state index in [0.29, 0.717) is 23.8 Å². The van der Waals surface area contributed by atoms with Crippen LogP contribution in [0.3, 0.4) is 0 Å². The molecule has 1 aromatic carbocycles. The van der Waals surface area contributed by atoms with Crippen LogP contribution in [0.15, 0.2) is 24.3 Å². The summed E-state index contributed by atoms with van der Waals surface area (Å²) in [4.78, 5) is 12.6. The molecule has 1 aromatic rings. The third-order valence-corrected chi connectivity index (χ3v) is 3.17. The van der Waals surface area contributed by atoms with Crippen molar-refractivity contribution in [2.24, 2.45) is 5.92 Å². The van der Waals surface area contributed by atoms with Gasteiger partial charge in [0.2, 0.25) is 0 Å². The van der Waals surface area contributed by atoms with Crippen LogP contribution in [0.25, 0.3) is 0 Å². The molecule has 0 saturated heterocycles. The lowest BCUT2D eigenvalue weighted by molar-refractivity contribution is 0.0370. The average Bonchev–Trinajstić information content (AvgIpc) is 3.19. The van der Waals surface area contributed by atoms with E-state index in [-0.39, 0.29) is 18.0 Å². The quantitative estimate of drug-likeness (QED) is 0.706. The van der Waals surface area contributed by atoms with E-state index < -0.39 is 0 Å². The summed E-state index contributed by atoms with van der Waals surface area (Å²) in [6.07, 6.45) is 1.93. The molecule has 19 heavy (non-hydrogen) atoms. The van der Waals surface area contributed by atoms with Gasteiger partial charge in [0.1, 0.15) is 11.9 Å². The van der Waals surface area contributed by atoms with Crippen LogP contribution in [0.1, 0.15) is 44.0 Å². The molecule has 1 aliphatic carbocycles. The van der Waals surface area contributed by atoms with Crippen LogP contribution >= 0.6 is 0 Å². The first kappa shape index (κ1) is 14.1. The largest absolute Gasteiger partial charge is 0.490 e. The molecule has 1 atom stereocenters. The normalized spacial score (nSPS) is 16.4. The standard InChI is InChI=1S/C16H22O3/c1-4-18-16(12-9-10-12)15(17)13-7-5-6-8-14(13)19-11(2)3/h5-8,11-12,16H,4,9-10H2,1-3H3. The zero-order chi connectivity index (χ0) is 13.8. The number of benzene rings is 1. The van der Waals surface area contributed by atoms with Gasteiger partial charge in [-0.1, -0.05) is 12.1 Å². The highest BCUT2D eigenvalue weighted by molar-refractivity contribution is 6.02. The van der Waals surface area contributed by atoms with Crippen LogP contribution in [-0.4, -0.2) is 24.6 Å². The molecule has 0 heterocycles. The topological polar surface area (TPSA) is 35.5 Å². The van der Waals surface area contributed by atoms with Gasteiger partial charge < -0.3 is 9.47 Å². The number of para-hydroxylation sites is 1. The first-order chi connectivity index (χ1) is 9.13. The number of ether oxygens (including phenoxy) is 2. The van der Waals surface area contributed by atoms with Gasteiger partial charge in [0, 0.05) is 6.61 Å². The molecule has 1 aliphatic rings. The van der Waals surface area contributed by atoms with Crippen LogP contribution in [0, 0.1) is 5.92 Å². The predicted molar refractivity (Wildman–Crippen MR) is 74.7 cm³/mol. The molecule has 0 spiro atoms. The highest BCUT2D eigenvalue weighted by atomic mass is 16.5. The number of rotatable bonds is 7. The van der Waals surface area contributed by atoms with E-state index in [1.165, 1.54) is 0 Å². The van der Waals surface area contributed by atoms with Gasteiger partial charge >= 0.3 is 0 Å². The lowest BCUT2D eigenvalue weighted by Gasteiger charge is -2.18. The molecule has 0 bridgehead atoms. The summed E-state index contributed by atoms with van der Waals surface area (Å²) in [6.45, 7) is 6.42. The van der Waals surface area contributed by atoms with Gasteiger partial charge in [-0.3, -0.25) is 4.79 Å². The number of hydrogen-bond donors (Lipinski definition) is 0. The highest BCUT2D eigenvalue weighted by Crippen LogP contribution is 2.37. The monoisotopic (exact) mass is 262 g/mol. The van der Waals surface area contributed by atoms with E-state index in [0.717, 1.165) is 12.8 Å². The highest BCUT2D eigenvalue weighted by Gasteiger charge is 2.38. The van der Waals surface area contributed by atoms with Crippen molar-refractivity contribution in [3.8, 4) is 5.75 Å². The minimum absolute atomic E-state index is 0.0559. The Hall–Kier alpha value is -1.35. The third kappa shape index (κ3) is 3.57. The lowest BCUT2D eigenvalue weighted by atomic mass is 10.0. The Bertz CT molecular complexity index is 435. The van der Waals surface area contributed by atoms with Crippen molar-refractivity contribution in [1.29, 1.82) is 0 Å². The molecular weight excluding hydrogens is 240 g/mol.